The largest absolute Gasteiger partial charge is 0.489 e. The van der Waals surface area contributed by atoms with Gasteiger partial charge in [0.2, 0.25) is 0 Å². The maximum atomic E-state index is 14.7. The summed E-state index contributed by atoms with van der Waals surface area (Å²) in [5.74, 6) is 0.723. The average Bonchev–Trinajstić information content (AvgIpc) is 3.51. The fourth-order valence-electron chi connectivity index (χ4n) is 3.53. The van der Waals surface area contributed by atoms with E-state index in [9.17, 15) is 9.18 Å². The van der Waals surface area contributed by atoms with Gasteiger partial charge in [-0.05, 0) is 42.0 Å². The SMILES string of the molecule is O=C(NCc1ccnc(-n2ccnc2)c1)c1sc2cccc(F)c2c1COc1ccccc1. The monoisotopic (exact) mass is 458 g/mol. The molecule has 2 aromatic carbocycles. The molecule has 6 nitrogen and oxygen atoms in total. The van der Waals surface area contributed by atoms with Gasteiger partial charge < -0.3 is 10.1 Å². The van der Waals surface area contributed by atoms with Crippen LogP contribution in [0.15, 0.2) is 85.6 Å². The highest BCUT2D eigenvalue weighted by Crippen LogP contribution is 2.34. The van der Waals surface area contributed by atoms with Crippen LogP contribution in [0.5, 0.6) is 5.75 Å². The first kappa shape index (κ1) is 20.8. The molecule has 1 amide bonds. The van der Waals surface area contributed by atoms with E-state index in [4.69, 9.17) is 4.74 Å². The molecule has 0 unspecified atom stereocenters. The van der Waals surface area contributed by atoms with E-state index in [-0.39, 0.29) is 18.3 Å². The Bertz CT molecular complexity index is 1400. The molecule has 0 saturated heterocycles. The molecule has 0 atom stereocenters. The van der Waals surface area contributed by atoms with E-state index >= 15 is 0 Å². The van der Waals surface area contributed by atoms with Crippen LogP contribution in [-0.4, -0.2) is 20.4 Å². The van der Waals surface area contributed by atoms with Crippen LogP contribution in [0.2, 0.25) is 0 Å². The Hall–Kier alpha value is -4.04. The number of thiophene rings is 1. The second-order valence-corrected chi connectivity index (χ2v) is 8.35. The maximum Gasteiger partial charge on any atom is 0.262 e. The molecule has 0 aliphatic carbocycles. The Morgan fingerprint density at radius 1 is 1.09 bits per heavy atom. The molecule has 33 heavy (non-hydrogen) atoms. The van der Waals surface area contributed by atoms with Crippen LogP contribution in [0.4, 0.5) is 4.39 Å². The standard InChI is InChI=1S/C25H19FN4O2S/c26-20-7-4-8-21-23(20)19(15-32-18-5-2-1-3-6-18)24(33-21)25(31)29-14-17-9-10-28-22(13-17)30-12-11-27-16-30/h1-13,16H,14-15H2,(H,29,31). The molecule has 5 aromatic rings. The van der Waals surface area contributed by atoms with E-state index in [1.54, 1.807) is 35.6 Å². The number of hydrogen-bond acceptors (Lipinski definition) is 5. The molecule has 164 valence electrons. The molecule has 0 radical (unpaired) electrons. The quantitative estimate of drug-likeness (QED) is 0.367. The first-order valence-corrected chi connectivity index (χ1v) is 11.1. The van der Waals surface area contributed by atoms with Crippen molar-refractivity contribution in [1.29, 1.82) is 0 Å². The number of aromatic nitrogens is 3. The van der Waals surface area contributed by atoms with Crippen LogP contribution < -0.4 is 10.1 Å². The number of amides is 1. The Balaban J connectivity index is 1.39. The summed E-state index contributed by atoms with van der Waals surface area (Å²) in [4.78, 5) is 21.9. The zero-order valence-corrected chi connectivity index (χ0v) is 18.3. The summed E-state index contributed by atoms with van der Waals surface area (Å²) in [5, 5.41) is 3.37. The van der Waals surface area contributed by atoms with E-state index < -0.39 is 0 Å². The third kappa shape index (κ3) is 4.47. The van der Waals surface area contributed by atoms with Gasteiger partial charge in [-0.1, -0.05) is 24.3 Å². The first-order chi connectivity index (χ1) is 16.2. The van der Waals surface area contributed by atoms with Crippen LogP contribution in [-0.2, 0) is 13.2 Å². The lowest BCUT2D eigenvalue weighted by atomic mass is 10.1. The molecule has 0 spiro atoms. The van der Waals surface area contributed by atoms with Crippen molar-refractivity contribution in [2.75, 3.05) is 0 Å². The fourth-order valence-corrected chi connectivity index (χ4v) is 4.67. The zero-order chi connectivity index (χ0) is 22.6. The van der Waals surface area contributed by atoms with Crippen molar-refractivity contribution in [2.24, 2.45) is 0 Å². The number of benzene rings is 2. The van der Waals surface area contributed by atoms with Gasteiger partial charge >= 0.3 is 0 Å². The molecule has 0 bridgehead atoms. The summed E-state index contributed by atoms with van der Waals surface area (Å²) in [6, 6.07) is 17.8. The van der Waals surface area contributed by atoms with Gasteiger partial charge in [-0.15, -0.1) is 11.3 Å². The Morgan fingerprint density at radius 2 is 1.97 bits per heavy atom. The number of hydrogen-bond donors (Lipinski definition) is 1. The maximum absolute atomic E-state index is 14.7. The number of halogens is 1. The van der Waals surface area contributed by atoms with Gasteiger partial charge in [0, 0.05) is 40.8 Å². The number of carbonyl (C=O) groups excluding carboxylic acids is 1. The molecule has 3 aromatic heterocycles. The molecule has 8 heteroatoms. The van der Waals surface area contributed by atoms with Gasteiger partial charge in [0.05, 0.1) is 4.88 Å². The molecule has 0 aliphatic rings. The molecule has 0 fully saturated rings. The predicted molar refractivity (Wildman–Crippen MR) is 125 cm³/mol. The van der Waals surface area contributed by atoms with Crippen LogP contribution in [0.3, 0.4) is 0 Å². The minimum atomic E-state index is -0.367. The number of imidazole rings is 1. The van der Waals surface area contributed by atoms with Crippen molar-refractivity contribution in [3.05, 3.63) is 107 Å². The van der Waals surface area contributed by atoms with E-state index in [2.05, 4.69) is 15.3 Å². The van der Waals surface area contributed by atoms with Crippen molar-refractivity contribution >= 4 is 27.3 Å². The number of ether oxygens (including phenoxy) is 1. The molecule has 0 saturated carbocycles. The van der Waals surface area contributed by atoms with Gasteiger partial charge in [0.1, 0.15) is 30.3 Å². The normalized spacial score (nSPS) is 10.9. The van der Waals surface area contributed by atoms with E-state index in [1.807, 2.05) is 48.5 Å². The minimum absolute atomic E-state index is 0.0910. The molecule has 1 N–H and O–H groups in total. The topological polar surface area (TPSA) is 69.0 Å². The van der Waals surface area contributed by atoms with Crippen LogP contribution >= 0.6 is 11.3 Å². The highest BCUT2D eigenvalue weighted by atomic mass is 32.1. The van der Waals surface area contributed by atoms with Gasteiger partial charge in [0.15, 0.2) is 0 Å². The van der Waals surface area contributed by atoms with Crippen LogP contribution in [0.25, 0.3) is 15.9 Å². The summed E-state index contributed by atoms with van der Waals surface area (Å²) in [6.45, 7) is 0.395. The number of pyridine rings is 1. The lowest BCUT2D eigenvalue weighted by Gasteiger charge is -2.10. The summed E-state index contributed by atoms with van der Waals surface area (Å²) in [7, 11) is 0. The van der Waals surface area contributed by atoms with Gasteiger partial charge in [-0.3, -0.25) is 9.36 Å². The molecular formula is C25H19FN4O2S. The van der Waals surface area contributed by atoms with Crippen LogP contribution in [0.1, 0.15) is 20.8 Å². The van der Waals surface area contributed by atoms with Gasteiger partial charge in [-0.25, -0.2) is 14.4 Å². The lowest BCUT2D eigenvalue weighted by molar-refractivity contribution is 0.0953. The fraction of sp³-hybridized carbons (Fsp3) is 0.0800. The Kier molecular flexibility index (Phi) is 5.82. The third-order valence-corrected chi connectivity index (χ3v) is 6.32. The number of rotatable bonds is 7. The second kappa shape index (κ2) is 9.22. The zero-order valence-electron chi connectivity index (χ0n) is 17.4. The lowest BCUT2D eigenvalue weighted by Crippen LogP contribution is -2.23. The van der Waals surface area contributed by atoms with E-state index in [0.717, 1.165) is 5.56 Å². The number of nitrogens with one attached hydrogen (secondary N) is 1. The number of carbonyl (C=O) groups is 1. The van der Waals surface area contributed by atoms with Crippen molar-refractivity contribution in [3.8, 4) is 11.6 Å². The van der Waals surface area contributed by atoms with Crippen molar-refractivity contribution in [3.63, 3.8) is 0 Å². The number of fused-ring (bicyclic) bond motifs is 1. The average molecular weight is 459 g/mol. The van der Waals surface area contributed by atoms with Crippen molar-refractivity contribution in [1.82, 2.24) is 19.9 Å². The van der Waals surface area contributed by atoms with Crippen molar-refractivity contribution in [2.45, 2.75) is 13.2 Å². The van der Waals surface area contributed by atoms with E-state index in [1.165, 1.54) is 17.4 Å². The summed E-state index contributed by atoms with van der Waals surface area (Å²) >= 11 is 1.26. The highest BCUT2D eigenvalue weighted by Gasteiger charge is 2.21. The molecular weight excluding hydrogens is 439 g/mol. The summed E-state index contributed by atoms with van der Waals surface area (Å²) in [5.41, 5.74) is 1.43. The summed E-state index contributed by atoms with van der Waals surface area (Å²) in [6.07, 6.45) is 6.82. The van der Waals surface area contributed by atoms with E-state index in [0.29, 0.717) is 38.6 Å². The van der Waals surface area contributed by atoms with Gasteiger partial charge in [-0.2, -0.15) is 0 Å². The molecule has 0 aliphatic heterocycles. The van der Waals surface area contributed by atoms with Crippen molar-refractivity contribution < 1.29 is 13.9 Å². The second-order valence-electron chi connectivity index (χ2n) is 7.30. The summed E-state index contributed by atoms with van der Waals surface area (Å²) < 4.78 is 23.0. The van der Waals surface area contributed by atoms with Gasteiger partial charge in [0.25, 0.3) is 5.91 Å². The highest BCUT2D eigenvalue weighted by molar-refractivity contribution is 7.21. The molecule has 5 rings (SSSR count). The third-order valence-electron chi connectivity index (χ3n) is 5.13. The number of nitrogens with zero attached hydrogens (tertiary/aromatic N) is 3. The Morgan fingerprint density at radius 3 is 2.79 bits per heavy atom. The molecule has 3 heterocycles. The minimum Gasteiger partial charge on any atom is -0.489 e. The Labute approximate surface area is 193 Å². The number of para-hydroxylation sites is 1. The predicted octanol–water partition coefficient (Wildman–Crippen LogP) is 5.13. The van der Waals surface area contributed by atoms with Crippen LogP contribution in [0, 0.1) is 5.82 Å². The first-order valence-electron chi connectivity index (χ1n) is 10.3. The smallest absolute Gasteiger partial charge is 0.262 e.